The third-order valence-corrected chi connectivity index (χ3v) is 5.32. The Morgan fingerprint density at radius 2 is 2.00 bits per heavy atom. The van der Waals surface area contributed by atoms with Crippen LogP contribution in [-0.2, 0) is 19.5 Å². The van der Waals surface area contributed by atoms with Gasteiger partial charge in [-0.25, -0.2) is 9.37 Å². The number of benzene rings is 1. The first-order valence-electron chi connectivity index (χ1n) is 8.68. The zero-order valence-corrected chi connectivity index (χ0v) is 14.7. The summed E-state index contributed by atoms with van der Waals surface area (Å²) in [5.74, 6) is 0.614. The predicted molar refractivity (Wildman–Crippen MR) is 101 cm³/mol. The van der Waals surface area contributed by atoms with E-state index in [1.807, 2.05) is 19.9 Å². The monoisotopic (exact) mass is 335 g/mol. The Hall–Kier alpha value is -2.62. The third-order valence-electron chi connectivity index (χ3n) is 5.32. The summed E-state index contributed by atoms with van der Waals surface area (Å²) in [6.45, 7) is 10.2. The van der Waals surface area contributed by atoms with E-state index >= 15 is 0 Å². The van der Waals surface area contributed by atoms with Crippen LogP contribution in [0.3, 0.4) is 0 Å². The van der Waals surface area contributed by atoms with Crippen molar-refractivity contribution in [1.82, 2.24) is 9.55 Å². The van der Waals surface area contributed by atoms with Crippen LogP contribution >= 0.6 is 0 Å². The number of fused-ring (bicyclic) bond motifs is 2. The summed E-state index contributed by atoms with van der Waals surface area (Å²) in [4.78, 5) is 6.76. The average molecular weight is 335 g/mol. The van der Waals surface area contributed by atoms with Gasteiger partial charge in [-0.1, -0.05) is 30.3 Å². The van der Waals surface area contributed by atoms with Crippen molar-refractivity contribution in [2.75, 3.05) is 11.4 Å². The summed E-state index contributed by atoms with van der Waals surface area (Å²) in [6, 6.07) is 8.52. The molecule has 0 amide bonds. The molecule has 0 bridgehead atoms. The first kappa shape index (κ1) is 15.9. The molecular formula is C21H22FN3. The van der Waals surface area contributed by atoms with Crippen molar-refractivity contribution in [3.8, 4) is 0 Å². The average Bonchev–Trinajstić information content (AvgIpc) is 2.88. The van der Waals surface area contributed by atoms with Crippen LogP contribution in [0.5, 0.6) is 0 Å². The number of nitrogens with zero attached hydrogens (tertiary/aromatic N) is 3. The van der Waals surface area contributed by atoms with Crippen LogP contribution in [0.15, 0.2) is 43.1 Å². The highest BCUT2D eigenvalue weighted by Crippen LogP contribution is 2.35. The zero-order chi connectivity index (χ0) is 17.6. The van der Waals surface area contributed by atoms with E-state index in [-0.39, 0.29) is 5.82 Å². The molecule has 0 atom stereocenters. The molecule has 0 spiro atoms. The minimum Gasteiger partial charge on any atom is -0.350 e. The van der Waals surface area contributed by atoms with E-state index in [9.17, 15) is 4.39 Å². The molecule has 3 aromatic rings. The lowest BCUT2D eigenvalue weighted by molar-refractivity contribution is 0.631. The van der Waals surface area contributed by atoms with Gasteiger partial charge >= 0.3 is 0 Å². The molecule has 0 N–H and O–H groups in total. The normalized spacial score (nSPS) is 14.0. The van der Waals surface area contributed by atoms with Crippen molar-refractivity contribution in [3.05, 3.63) is 71.3 Å². The molecule has 3 heterocycles. The number of aryl methyl sites for hydroxylation is 1. The summed E-state index contributed by atoms with van der Waals surface area (Å²) in [7, 11) is 0. The van der Waals surface area contributed by atoms with Gasteiger partial charge in [-0.15, -0.1) is 6.58 Å². The molecule has 1 aromatic carbocycles. The fourth-order valence-corrected chi connectivity index (χ4v) is 3.90. The minimum atomic E-state index is -0.250. The Morgan fingerprint density at radius 1 is 1.24 bits per heavy atom. The minimum absolute atomic E-state index is 0.250. The Morgan fingerprint density at radius 3 is 2.76 bits per heavy atom. The number of anilines is 1. The lowest BCUT2D eigenvalue weighted by Gasteiger charge is -2.30. The number of hydrogen-bond donors (Lipinski definition) is 0. The molecule has 0 unspecified atom stereocenters. The van der Waals surface area contributed by atoms with Gasteiger partial charge in [-0.2, -0.15) is 0 Å². The van der Waals surface area contributed by atoms with Crippen LogP contribution in [0.1, 0.15) is 22.4 Å². The highest BCUT2D eigenvalue weighted by atomic mass is 19.1. The van der Waals surface area contributed by atoms with Crippen LogP contribution in [0, 0.1) is 19.7 Å². The summed E-state index contributed by atoms with van der Waals surface area (Å²) < 4.78 is 16.7. The smallest absolute Gasteiger partial charge is 0.153 e. The first-order chi connectivity index (χ1) is 12.1. The molecule has 1 aliphatic heterocycles. The van der Waals surface area contributed by atoms with Crippen molar-refractivity contribution in [3.63, 3.8) is 0 Å². The summed E-state index contributed by atoms with van der Waals surface area (Å²) in [5.41, 5.74) is 5.65. The van der Waals surface area contributed by atoms with Crippen molar-refractivity contribution in [2.24, 2.45) is 0 Å². The number of allylic oxidation sites excluding steroid dienone is 1. The lowest BCUT2D eigenvalue weighted by atomic mass is 10.00. The van der Waals surface area contributed by atoms with Gasteiger partial charge in [0.05, 0.1) is 11.7 Å². The molecule has 0 aliphatic carbocycles. The maximum atomic E-state index is 14.5. The predicted octanol–water partition coefficient (Wildman–Crippen LogP) is 4.54. The van der Waals surface area contributed by atoms with Crippen LogP contribution in [-0.4, -0.2) is 16.1 Å². The molecule has 0 radical (unpaired) electrons. The van der Waals surface area contributed by atoms with E-state index in [2.05, 4.69) is 45.3 Å². The fourth-order valence-electron chi connectivity index (χ4n) is 3.90. The SMILES string of the molecule is C=CCn1c(C)c(C)c2c(F)cnc(N3CCc4ccccc4C3)c21. The number of hydrogen-bond acceptors (Lipinski definition) is 2. The van der Waals surface area contributed by atoms with Crippen molar-refractivity contribution >= 4 is 16.7 Å². The highest BCUT2D eigenvalue weighted by molar-refractivity contribution is 5.94. The molecule has 0 fully saturated rings. The quantitative estimate of drug-likeness (QED) is 0.655. The molecule has 128 valence electrons. The molecule has 1 aliphatic rings. The van der Waals surface area contributed by atoms with Crippen LogP contribution in [0.2, 0.25) is 0 Å². The Bertz CT molecular complexity index is 971. The third kappa shape index (κ3) is 2.44. The van der Waals surface area contributed by atoms with E-state index in [0.29, 0.717) is 11.9 Å². The second kappa shape index (κ2) is 6.03. The van der Waals surface area contributed by atoms with Crippen LogP contribution in [0.25, 0.3) is 10.9 Å². The molecule has 0 saturated heterocycles. The van der Waals surface area contributed by atoms with Crippen LogP contribution in [0.4, 0.5) is 10.2 Å². The molecule has 4 rings (SSSR count). The maximum absolute atomic E-state index is 14.5. The second-order valence-corrected chi connectivity index (χ2v) is 6.70. The lowest BCUT2D eigenvalue weighted by Crippen LogP contribution is -2.31. The largest absolute Gasteiger partial charge is 0.350 e. The molecule has 3 nitrogen and oxygen atoms in total. The number of aromatic nitrogens is 2. The van der Waals surface area contributed by atoms with Crippen molar-refractivity contribution in [2.45, 2.75) is 33.4 Å². The van der Waals surface area contributed by atoms with E-state index in [0.717, 1.165) is 42.1 Å². The van der Waals surface area contributed by atoms with Gasteiger partial charge in [0.25, 0.3) is 0 Å². The zero-order valence-electron chi connectivity index (χ0n) is 14.7. The van der Waals surface area contributed by atoms with Gasteiger partial charge in [0, 0.05) is 30.7 Å². The van der Waals surface area contributed by atoms with E-state index in [4.69, 9.17) is 0 Å². The molecule has 4 heteroatoms. The van der Waals surface area contributed by atoms with Crippen molar-refractivity contribution < 1.29 is 4.39 Å². The molecular weight excluding hydrogens is 313 g/mol. The standard InChI is InChI=1S/C21H22FN3/c1-4-10-25-15(3)14(2)19-18(22)12-23-21(20(19)25)24-11-9-16-7-5-6-8-17(16)13-24/h4-8,12H,1,9-11,13H2,2-3H3. The molecule has 2 aromatic heterocycles. The maximum Gasteiger partial charge on any atom is 0.153 e. The topological polar surface area (TPSA) is 21.1 Å². The molecule has 25 heavy (non-hydrogen) atoms. The Kier molecular flexibility index (Phi) is 3.83. The number of halogens is 1. The highest BCUT2D eigenvalue weighted by Gasteiger charge is 2.24. The van der Waals surface area contributed by atoms with E-state index < -0.39 is 0 Å². The number of rotatable bonds is 3. The van der Waals surface area contributed by atoms with E-state index in [1.54, 1.807) is 0 Å². The van der Waals surface area contributed by atoms with Gasteiger partial charge in [-0.3, -0.25) is 0 Å². The van der Waals surface area contributed by atoms with Crippen LogP contribution < -0.4 is 4.90 Å². The summed E-state index contributed by atoms with van der Waals surface area (Å²) in [6.07, 6.45) is 4.20. The van der Waals surface area contributed by atoms with Crippen molar-refractivity contribution in [1.29, 1.82) is 0 Å². The van der Waals surface area contributed by atoms with Gasteiger partial charge in [0.1, 0.15) is 0 Å². The second-order valence-electron chi connectivity index (χ2n) is 6.70. The number of pyridine rings is 1. The van der Waals surface area contributed by atoms with Gasteiger partial charge in [0.15, 0.2) is 11.6 Å². The van der Waals surface area contributed by atoms with E-state index in [1.165, 1.54) is 17.3 Å². The van der Waals surface area contributed by atoms with Gasteiger partial charge in [-0.05, 0) is 37.0 Å². The summed E-state index contributed by atoms with van der Waals surface area (Å²) in [5, 5.41) is 0.684. The Labute approximate surface area is 147 Å². The van der Waals surface area contributed by atoms with Gasteiger partial charge < -0.3 is 9.47 Å². The first-order valence-corrected chi connectivity index (χ1v) is 8.68. The summed E-state index contributed by atoms with van der Waals surface area (Å²) >= 11 is 0. The Balaban J connectivity index is 1.90. The molecule has 0 saturated carbocycles. The van der Waals surface area contributed by atoms with Gasteiger partial charge in [0.2, 0.25) is 0 Å². The fraction of sp³-hybridized carbons (Fsp3) is 0.286.